The minimum atomic E-state index is 0.294. The zero-order valence-corrected chi connectivity index (χ0v) is 14.1. The predicted molar refractivity (Wildman–Crippen MR) is 88.6 cm³/mol. The van der Waals surface area contributed by atoms with Crippen LogP contribution in [0.3, 0.4) is 0 Å². The number of hydrogen-bond donors (Lipinski definition) is 2. The van der Waals surface area contributed by atoms with E-state index in [0.717, 1.165) is 19.6 Å². The van der Waals surface area contributed by atoms with Gasteiger partial charge in [0, 0.05) is 38.8 Å². The number of hydrogen-bond acceptors (Lipinski definition) is 4. The Bertz CT molecular complexity index is 290. The summed E-state index contributed by atoms with van der Waals surface area (Å²) in [6.07, 6.45) is 6.84. The average molecular weight is 297 g/mol. The second kappa shape index (κ2) is 8.47. The Kier molecular flexibility index (Phi) is 6.93. The molecule has 0 aromatic carbocycles. The highest BCUT2D eigenvalue weighted by atomic mass is 16.3. The molecule has 0 aromatic rings. The van der Waals surface area contributed by atoms with Crippen LogP contribution >= 0.6 is 0 Å². The van der Waals surface area contributed by atoms with Crippen molar-refractivity contribution >= 4 is 0 Å². The Morgan fingerprint density at radius 3 is 2.33 bits per heavy atom. The lowest BCUT2D eigenvalue weighted by atomic mass is 9.85. The van der Waals surface area contributed by atoms with Gasteiger partial charge in [-0.3, -0.25) is 4.90 Å². The van der Waals surface area contributed by atoms with Crippen molar-refractivity contribution in [2.75, 3.05) is 52.4 Å². The van der Waals surface area contributed by atoms with Gasteiger partial charge >= 0.3 is 0 Å². The minimum absolute atomic E-state index is 0.294. The van der Waals surface area contributed by atoms with E-state index in [1.807, 2.05) is 0 Å². The number of rotatable bonds is 7. The monoisotopic (exact) mass is 297 g/mol. The Morgan fingerprint density at radius 1 is 1.00 bits per heavy atom. The lowest BCUT2D eigenvalue weighted by Gasteiger charge is -2.36. The van der Waals surface area contributed by atoms with Crippen molar-refractivity contribution in [3.8, 4) is 0 Å². The lowest BCUT2D eigenvalue weighted by Crippen LogP contribution is -2.45. The molecule has 4 heteroatoms. The molecule has 21 heavy (non-hydrogen) atoms. The van der Waals surface area contributed by atoms with Crippen LogP contribution in [0.5, 0.6) is 0 Å². The molecule has 1 heterocycles. The fourth-order valence-corrected chi connectivity index (χ4v) is 3.96. The SMILES string of the molecule is CC(C)NCC1(CN2CCCN(CCO)CC2)CCCC1. The summed E-state index contributed by atoms with van der Waals surface area (Å²) in [6, 6.07) is 0.589. The smallest absolute Gasteiger partial charge is 0.0558 e. The molecule has 0 amide bonds. The Morgan fingerprint density at radius 2 is 1.67 bits per heavy atom. The van der Waals surface area contributed by atoms with E-state index in [1.54, 1.807) is 0 Å². The highest BCUT2D eigenvalue weighted by Crippen LogP contribution is 2.38. The molecule has 4 nitrogen and oxygen atoms in total. The molecular weight excluding hydrogens is 262 g/mol. The fraction of sp³-hybridized carbons (Fsp3) is 1.00. The van der Waals surface area contributed by atoms with Crippen LogP contribution < -0.4 is 5.32 Å². The Labute approximate surface area is 130 Å². The van der Waals surface area contributed by atoms with E-state index < -0.39 is 0 Å². The molecule has 0 bridgehead atoms. The van der Waals surface area contributed by atoms with Gasteiger partial charge in [-0.2, -0.15) is 0 Å². The highest BCUT2D eigenvalue weighted by Gasteiger charge is 2.35. The third-order valence-electron chi connectivity index (χ3n) is 5.21. The van der Waals surface area contributed by atoms with E-state index in [9.17, 15) is 0 Å². The first kappa shape index (κ1) is 17.2. The van der Waals surface area contributed by atoms with E-state index in [1.165, 1.54) is 58.3 Å². The molecule has 1 saturated heterocycles. The van der Waals surface area contributed by atoms with Gasteiger partial charge in [0.25, 0.3) is 0 Å². The second-order valence-electron chi connectivity index (χ2n) is 7.44. The van der Waals surface area contributed by atoms with Crippen LogP contribution in [0.1, 0.15) is 46.0 Å². The van der Waals surface area contributed by atoms with Crippen LogP contribution in [-0.4, -0.2) is 73.4 Å². The minimum Gasteiger partial charge on any atom is -0.395 e. The van der Waals surface area contributed by atoms with Crippen LogP contribution in [0, 0.1) is 5.41 Å². The van der Waals surface area contributed by atoms with E-state index in [-0.39, 0.29) is 0 Å². The molecule has 0 unspecified atom stereocenters. The molecule has 2 aliphatic rings. The van der Waals surface area contributed by atoms with Gasteiger partial charge < -0.3 is 15.3 Å². The molecule has 0 atom stereocenters. The van der Waals surface area contributed by atoms with E-state index in [4.69, 9.17) is 5.11 Å². The third-order valence-corrected chi connectivity index (χ3v) is 5.21. The maximum absolute atomic E-state index is 9.11. The van der Waals surface area contributed by atoms with Crippen molar-refractivity contribution in [3.63, 3.8) is 0 Å². The van der Waals surface area contributed by atoms with Gasteiger partial charge in [0.1, 0.15) is 0 Å². The summed E-state index contributed by atoms with van der Waals surface area (Å²) in [7, 11) is 0. The lowest BCUT2D eigenvalue weighted by molar-refractivity contribution is 0.145. The molecule has 2 fully saturated rings. The zero-order valence-electron chi connectivity index (χ0n) is 14.1. The molecule has 0 spiro atoms. The summed E-state index contributed by atoms with van der Waals surface area (Å²) >= 11 is 0. The summed E-state index contributed by atoms with van der Waals surface area (Å²) in [4.78, 5) is 5.10. The zero-order chi connectivity index (χ0) is 15.1. The average Bonchev–Trinajstić information content (AvgIpc) is 2.80. The quantitative estimate of drug-likeness (QED) is 0.748. The molecule has 1 aliphatic carbocycles. The first-order valence-corrected chi connectivity index (χ1v) is 8.92. The van der Waals surface area contributed by atoms with Gasteiger partial charge in [-0.15, -0.1) is 0 Å². The van der Waals surface area contributed by atoms with Crippen molar-refractivity contribution in [1.82, 2.24) is 15.1 Å². The fourth-order valence-electron chi connectivity index (χ4n) is 3.96. The van der Waals surface area contributed by atoms with Gasteiger partial charge in [-0.25, -0.2) is 0 Å². The summed E-state index contributed by atoms with van der Waals surface area (Å²) < 4.78 is 0. The number of nitrogens with zero attached hydrogens (tertiary/aromatic N) is 2. The topological polar surface area (TPSA) is 38.7 Å². The van der Waals surface area contributed by atoms with Gasteiger partial charge in [-0.05, 0) is 37.8 Å². The number of aliphatic hydroxyl groups is 1. The van der Waals surface area contributed by atoms with Crippen LogP contribution in [-0.2, 0) is 0 Å². The van der Waals surface area contributed by atoms with Gasteiger partial charge in [0.2, 0.25) is 0 Å². The van der Waals surface area contributed by atoms with Gasteiger partial charge in [-0.1, -0.05) is 26.7 Å². The molecule has 1 saturated carbocycles. The predicted octanol–water partition coefficient (Wildman–Crippen LogP) is 1.54. The molecule has 0 aromatic heterocycles. The van der Waals surface area contributed by atoms with Crippen molar-refractivity contribution in [2.24, 2.45) is 5.41 Å². The van der Waals surface area contributed by atoms with Gasteiger partial charge in [0.05, 0.1) is 6.61 Å². The first-order chi connectivity index (χ1) is 10.1. The van der Waals surface area contributed by atoms with Crippen molar-refractivity contribution in [3.05, 3.63) is 0 Å². The maximum atomic E-state index is 9.11. The Balaban J connectivity index is 1.85. The maximum Gasteiger partial charge on any atom is 0.0558 e. The largest absolute Gasteiger partial charge is 0.395 e. The van der Waals surface area contributed by atoms with E-state index in [0.29, 0.717) is 18.1 Å². The molecular formula is C17H35N3O. The highest BCUT2D eigenvalue weighted by molar-refractivity contribution is 4.90. The van der Waals surface area contributed by atoms with E-state index >= 15 is 0 Å². The van der Waals surface area contributed by atoms with Crippen LogP contribution in [0.4, 0.5) is 0 Å². The summed E-state index contributed by atoms with van der Waals surface area (Å²) in [5.41, 5.74) is 0.510. The number of nitrogens with one attached hydrogen (secondary N) is 1. The molecule has 2 rings (SSSR count). The normalized spacial score (nSPS) is 24.6. The van der Waals surface area contributed by atoms with Crippen LogP contribution in [0.15, 0.2) is 0 Å². The molecule has 0 radical (unpaired) electrons. The summed E-state index contributed by atoms with van der Waals surface area (Å²) in [6.45, 7) is 12.7. The standard InChI is InChI=1S/C17H35N3O/c1-16(2)18-14-17(6-3-4-7-17)15-20-9-5-8-19(10-11-20)12-13-21/h16,18,21H,3-15H2,1-2H3. The Hall–Kier alpha value is -0.160. The molecule has 1 aliphatic heterocycles. The summed E-state index contributed by atoms with van der Waals surface area (Å²) in [5, 5.41) is 12.8. The van der Waals surface area contributed by atoms with Gasteiger partial charge in [0.15, 0.2) is 0 Å². The van der Waals surface area contributed by atoms with E-state index in [2.05, 4.69) is 29.0 Å². The van der Waals surface area contributed by atoms with Crippen molar-refractivity contribution in [1.29, 1.82) is 0 Å². The molecule has 2 N–H and O–H groups in total. The van der Waals surface area contributed by atoms with Crippen LogP contribution in [0.25, 0.3) is 0 Å². The van der Waals surface area contributed by atoms with Crippen molar-refractivity contribution < 1.29 is 5.11 Å². The molecule has 124 valence electrons. The van der Waals surface area contributed by atoms with Crippen LogP contribution in [0.2, 0.25) is 0 Å². The summed E-state index contributed by atoms with van der Waals surface area (Å²) in [5.74, 6) is 0. The van der Waals surface area contributed by atoms with Crippen molar-refractivity contribution in [2.45, 2.75) is 52.0 Å². The number of β-amino-alcohol motifs (C(OH)–C–C–N with tert-alkyl or cyclic N) is 1. The number of aliphatic hydroxyl groups excluding tert-OH is 1. The third kappa shape index (κ3) is 5.51. The second-order valence-corrected chi connectivity index (χ2v) is 7.44. The first-order valence-electron chi connectivity index (χ1n) is 8.92.